The van der Waals surface area contributed by atoms with Crippen LogP contribution in [0.15, 0.2) is 72.9 Å². The Morgan fingerprint density at radius 1 is 0.926 bits per heavy atom. The first kappa shape index (κ1) is 17.1. The maximum absolute atomic E-state index is 5.99. The number of hydrazine groups is 1. The minimum Gasteiger partial charge on any atom is -0.324 e. The van der Waals surface area contributed by atoms with Crippen LogP contribution in [0.3, 0.4) is 0 Å². The number of hydrogen-bond donors (Lipinski definition) is 3. The molecule has 134 valence electrons. The van der Waals surface area contributed by atoms with E-state index in [1.54, 1.807) is 6.20 Å². The highest BCUT2D eigenvalue weighted by molar-refractivity contribution is 5.96. The number of hydrogen-bond acceptors (Lipinski definition) is 5. The number of nitrogens with one attached hydrogen (secondary N) is 1. The van der Waals surface area contributed by atoms with Crippen molar-refractivity contribution in [3.63, 3.8) is 0 Å². The number of pyridine rings is 2. The molecule has 27 heavy (non-hydrogen) atoms. The molecule has 2 aromatic carbocycles. The van der Waals surface area contributed by atoms with E-state index >= 15 is 0 Å². The molecule has 2 heterocycles. The summed E-state index contributed by atoms with van der Waals surface area (Å²) in [4.78, 5) is 9.24. The summed E-state index contributed by atoms with van der Waals surface area (Å²) in [6.07, 6.45) is 1.70. The lowest BCUT2D eigenvalue weighted by Gasteiger charge is -2.14. The van der Waals surface area contributed by atoms with Gasteiger partial charge in [-0.3, -0.25) is 0 Å². The molecule has 0 aliphatic rings. The summed E-state index contributed by atoms with van der Waals surface area (Å²) in [6, 6.07) is 22.4. The minimum atomic E-state index is 0.00136. The fourth-order valence-electron chi connectivity index (χ4n) is 3.21. The van der Waals surface area contributed by atoms with Crippen molar-refractivity contribution in [2.45, 2.75) is 13.0 Å². The highest BCUT2D eigenvalue weighted by Gasteiger charge is 2.14. The van der Waals surface area contributed by atoms with E-state index in [9.17, 15) is 0 Å². The van der Waals surface area contributed by atoms with Gasteiger partial charge in [-0.1, -0.05) is 54.6 Å². The molecule has 4 aromatic rings. The van der Waals surface area contributed by atoms with Gasteiger partial charge < -0.3 is 11.2 Å². The van der Waals surface area contributed by atoms with Crippen LogP contribution in [0.4, 0.5) is 5.82 Å². The van der Waals surface area contributed by atoms with Crippen LogP contribution in [-0.2, 0) is 0 Å². The maximum Gasteiger partial charge on any atom is 0.149 e. The number of benzene rings is 2. The van der Waals surface area contributed by atoms with Crippen molar-refractivity contribution in [1.82, 2.24) is 9.97 Å². The van der Waals surface area contributed by atoms with Crippen molar-refractivity contribution in [1.29, 1.82) is 0 Å². The zero-order valence-corrected chi connectivity index (χ0v) is 15.1. The molecule has 0 aliphatic heterocycles. The van der Waals surface area contributed by atoms with Gasteiger partial charge in [-0.2, -0.15) is 0 Å². The molecule has 5 heteroatoms. The standard InChI is InChI=1S/C22H21N5/c1-14(23)15-7-9-17(10-8-15)21-18(16-5-3-2-4-6-16)13-19-20(26-21)11-12-25-22(19)27-24/h2-14H,23-24H2,1H3,(H,25,27). The molecular formula is C22H21N5. The van der Waals surface area contributed by atoms with E-state index in [1.807, 2.05) is 31.2 Å². The Bertz CT molecular complexity index is 1070. The summed E-state index contributed by atoms with van der Waals surface area (Å²) in [6.45, 7) is 1.98. The first-order valence-electron chi connectivity index (χ1n) is 8.85. The lowest BCUT2D eigenvalue weighted by atomic mass is 9.96. The number of rotatable bonds is 4. The monoisotopic (exact) mass is 355 g/mol. The molecule has 0 spiro atoms. The van der Waals surface area contributed by atoms with Crippen LogP contribution in [0.1, 0.15) is 18.5 Å². The third-order valence-electron chi connectivity index (χ3n) is 4.67. The van der Waals surface area contributed by atoms with Gasteiger partial charge in [-0.25, -0.2) is 15.8 Å². The second kappa shape index (κ2) is 7.15. The molecule has 0 saturated carbocycles. The number of fused-ring (bicyclic) bond motifs is 1. The van der Waals surface area contributed by atoms with Gasteiger partial charge in [0.05, 0.1) is 11.2 Å². The Hall–Kier alpha value is -3.28. The van der Waals surface area contributed by atoms with E-state index in [1.165, 1.54) is 0 Å². The first-order chi connectivity index (χ1) is 13.2. The van der Waals surface area contributed by atoms with Crippen molar-refractivity contribution in [3.8, 4) is 22.4 Å². The van der Waals surface area contributed by atoms with Gasteiger partial charge in [0.1, 0.15) is 5.82 Å². The van der Waals surface area contributed by atoms with Crippen molar-refractivity contribution in [2.75, 3.05) is 5.43 Å². The molecular weight excluding hydrogens is 334 g/mol. The fourth-order valence-corrected chi connectivity index (χ4v) is 3.21. The van der Waals surface area contributed by atoms with Crippen LogP contribution in [0, 0.1) is 0 Å². The minimum absolute atomic E-state index is 0.00136. The summed E-state index contributed by atoms with van der Waals surface area (Å²) in [7, 11) is 0. The third-order valence-corrected chi connectivity index (χ3v) is 4.67. The highest BCUT2D eigenvalue weighted by atomic mass is 15.2. The molecule has 1 unspecified atom stereocenters. The second-order valence-electron chi connectivity index (χ2n) is 6.53. The second-order valence-corrected chi connectivity index (χ2v) is 6.53. The molecule has 0 saturated heterocycles. The van der Waals surface area contributed by atoms with Gasteiger partial charge in [0, 0.05) is 28.8 Å². The Morgan fingerprint density at radius 3 is 2.33 bits per heavy atom. The van der Waals surface area contributed by atoms with E-state index in [4.69, 9.17) is 16.6 Å². The molecule has 5 nitrogen and oxygen atoms in total. The summed E-state index contributed by atoms with van der Waals surface area (Å²) in [5.74, 6) is 6.25. The van der Waals surface area contributed by atoms with Gasteiger partial charge in [-0.05, 0) is 30.2 Å². The van der Waals surface area contributed by atoms with E-state index in [0.717, 1.165) is 38.9 Å². The Labute approximate surface area is 158 Å². The molecule has 2 aromatic heterocycles. The number of aromatic nitrogens is 2. The average molecular weight is 355 g/mol. The normalized spacial score (nSPS) is 12.1. The van der Waals surface area contributed by atoms with Crippen LogP contribution in [0.2, 0.25) is 0 Å². The number of nitrogens with two attached hydrogens (primary N) is 2. The number of anilines is 1. The molecule has 5 N–H and O–H groups in total. The van der Waals surface area contributed by atoms with Crippen molar-refractivity contribution < 1.29 is 0 Å². The van der Waals surface area contributed by atoms with Crippen LogP contribution in [0.5, 0.6) is 0 Å². The Balaban J connectivity index is 1.97. The van der Waals surface area contributed by atoms with Gasteiger partial charge >= 0.3 is 0 Å². The Kier molecular flexibility index (Phi) is 4.54. The molecule has 0 amide bonds. The Morgan fingerprint density at radius 2 is 1.67 bits per heavy atom. The van der Waals surface area contributed by atoms with Crippen LogP contribution < -0.4 is 17.0 Å². The predicted octanol–water partition coefficient (Wildman–Crippen LogP) is 4.27. The van der Waals surface area contributed by atoms with E-state index in [-0.39, 0.29) is 6.04 Å². The molecule has 0 fully saturated rings. The van der Waals surface area contributed by atoms with Gasteiger partial charge in [0.25, 0.3) is 0 Å². The zero-order chi connectivity index (χ0) is 18.8. The topological polar surface area (TPSA) is 89.8 Å². The van der Waals surface area contributed by atoms with Crippen molar-refractivity contribution in [2.24, 2.45) is 11.6 Å². The lowest BCUT2D eigenvalue weighted by molar-refractivity contribution is 0.818. The molecule has 0 bridgehead atoms. The summed E-state index contributed by atoms with van der Waals surface area (Å²) >= 11 is 0. The van der Waals surface area contributed by atoms with Gasteiger partial charge in [0.2, 0.25) is 0 Å². The molecule has 1 atom stereocenters. The van der Waals surface area contributed by atoms with Gasteiger partial charge in [-0.15, -0.1) is 0 Å². The zero-order valence-electron chi connectivity index (χ0n) is 15.1. The number of nitrogens with zero attached hydrogens (tertiary/aromatic N) is 2. The highest BCUT2D eigenvalue weighted by Crippen LogP contribution is 2.35. The lowest BCUT2D eigenvalue weighted by Crippen LogP contribution is -2.09. The summed E-state index contributed by atoms with van der Waals surface area (Å²) < 4.78 is 0. The quantitative estimate of drug-likeness (QED) is 0.376. The number of nitrogen functional groups attached to an aromatic ring is 1. The summed E-state index contributed by atoms with van der Waals surface area (Å²) in [5.41, 5.74) is 14.7. The van der Waals surface area contributed by atoms with E-state index < -0.39 is 0 Å². The largest absolute Gasteiger partial charge is 0.324 e. The molecule has 0 aliphatic carbocycles. The maximum atomic E-state index is 5.99. The SMILES string of the molecule is CC(N)c1ccc(-c2nc3ccnc(NN)c3cc2-c2ccccc2)cc1. The fraction of sp³-hybridized carbons (Fsp3) is 0.0909. The van der Waals surface area contributed by atoms with Gasteiger partial charge in [0.15, 0.2) is 0 Å². The van der Waals surface area contributed by atoms with Crippen LogP contribution in [-0.4, -0.2) is 9.97 Å². The average Bonchev–Trinajstić information content (AvgIpc) is 2.73. The van der Waals surface area contributed by atoms with E-state index in [2.05, 4.69) is 52.9 Å². The molecule has 4 rings (SSSR count). The van der Waals surface area contributed by atoms with Crippen LogP contribution in [0.25, 0.3) is 33.3 Å². The van der Waals surface area contributed by atoms with Crippen molar-refractivity contribution in [3.05, 3.63) is 78.5 Å². The summed E-state index contributed by atoms with van der Waals surface area (Å²) in [5, 5.41) is 0.884. The van der Waals surface area contributed by atoms with E-state index in [0.29, 0.717) is 5.82 Å². The first-order valence-corrected chi connectivity index (χ1v) is 8.85. The molecule has 0 radical (unpaired) electrons. The van der Waals surface area contributed by atoms with Crippen molar-refractivity contribution >= 4 is 16.7 Å². The predicted molar refractivity (Wildman–Crippen MR) is 111 cm³/mol. The third kappa shape index (κ3) is 3.26. The smallest absolute Gasteiger partial charge is 0.149 e. The van der Waals surface area contributed by atoms with Crippen LogP contribution >= 0.6 is 0 Å².